The molecule has 1 aliphatic carbocycles. The Balaban J connectivity index is 2.23. The van der Waals surface area contributed by atoms with E-state index < -0.39 is 0 Å². The van der Waals surface area contributed by atoms with Gasteiger partial charge in [-0.25, -0.2) is 4.98 Å². The van der Waals surface area contributed by atoms with Gasteiger partial charge >= 0.3 is 0 Å². The van der Waals surface area contributed by atoms with Crippen LogP contribution in [-0.2, 0) is 0 Å². The molecule has 1 fully saturated rings. The highest BCUT2D eigenvalue weighted by atomic mass is 32.2. The highest BCUT2D eigenvalue weighted by Crippen LogP contribution is 2.32. The van der Waals surface area contributed by atoms with Crippen molar-refractivity contribution in [1.29, 1.82) is 0 Å². The van der Waals surface area contributed by atoms with Crippen LogP contribution in [0.3, 0.4) is 0 Å². The molecule has 14 heavy (non-hydrogen) atoms. The zero-order chi connectivity index (χ0) is 9.97. The summed E-state index contributed by atoms with van der Waals surface area (Å²) < 4.78 is 5.65. The number of aromatic nitrogens is 1. The van der Waals surface area contributed by atoms with Crippen LogP contribution in [0.2, 0.25) is 0 Å². The lowest BCUT2D eigenvalue weighted by atomic mass is 10.3. The molecular formula is C10H11NO2S. The fraction of sp³-hybridized carbons (Fsp3) is 0.400. The lowest BCUT2D eigenvalue weighted by Crippen LogP contribution is -1.99. The van der Waals surface area contributed by atoms with Gasteiger partial charge in [0.15, 0.2) is 12.0 Å². The SMILES string of the molecule is CSc1cc(C=O)ncc1OC1CC1. The highest BCUT2D eigenvalue weighted by Gasteiger charge is 2.24. The van der Waals surface area contributed by atoms with E-state index in [-0.39, 0.29) is 0 Å². The third kappa shape index (κ3) is 2.07. The number of rotatable bonds is 4. The summed E-state index contributed by atoms with van der Waals surface area (Å²) in [5.74, 6) is 0.797. The summed E-state index contributed by atoms with van der Waals surface area (Å²) in [5.41, 5.74) is 0.456. The number of hydrogen-bond acceptors (Lipinski definition) is 4. The average Bonchev–Trinajstić information content (AvgIpc) is 3.02. The van der Waals surface area contributed by atoms with Gasteiger partial charge in [0, 0.05) is 0 Å². The van der Waals surface area contributed by atoms with Gasteiger partial charge in [-0.1, -0.05) is 0 Å². The molecule has 0 aliphatic heterocycles. The molecule has 74 valence electrons. The first-order valence-electron chi connectivity index (χ1n) is 4.49. The molecular weight excluding hydrogens is 198 g/mol. The summed E-state index contributed by atoms with van der Waals surface area (Å²) in [6.07, 6.45) is 6.97. The van der Waals surface area contributed by atoms with Crippen molar-refractivity contribution in [3.05, 3.63) is 18.0 Å². The lowest BCUT2D eigenvalue weighted by molar-refractivity contribution is 0.111. The van der Waals surface area contributed by atoms with Gasteiger partial charge in [0.2, 0.25) is 0 Å². The highest BCUT2D eigenvalue weighted by molar-refractivity contribution is 7.98. The Bertz CT molecular complexity index is 350. The van der Waals surface area contributed by atoms with Crippen molar-refractivity contribution in [3.63, 3.8) is 0 Å². The van der Waals surface area contributed by atoms with Gasteiger partial charge in [-0.15, -0.1) is 11.8 Å². The van der Waals surface area contributed by atoms with Crippen LogP contribution >= 0.6 is 11.8 Å². The number of thioether (sulfide) groups is 1. The molecule has 0 unspecified atom stereocenters. The average molecular weight is 209 g/mol. The Morgan fingerprint density at radius 3 is 3.00 bits per heavy atom. The van der Waals surface area contributed by atoms with Crippen molar-refractivity contribution in [3.8, 4) is 5.75 Å². The van der Waals surface area contributed by atoms with Gasteiger partial charge in [0.25, 0.3) is 0 Å². The first-order chi connectivity index (χ1) is 6.83. The minimum Gasteiger partial charge on any atom is -0.488 e. The van der Waals surface area contributed by atoms with Gasteiger partial charge in [-0.05, 0) is 25.2 Å². The molecule has 4 heteroatoms. The monoisotopic (exact) mass is 209 g/mol. The van der Waals surface area contributed by atoms with Crippen LogP contribution in [0.25, 0.3) is 0 Å². The fourth-order valence-electron chi connectivity index (χ4n) is 1.12. The number of carbonyl (C=O) groups is 1. The van der Waals surface area contributed by atoms with E-state index in [9.17, 15) is 4.79 Å². The molecule has 3 nitrogen and oxygen atoms in total. The van der Waals surface area contributed by atoms with Crippen molar-refractivity contribution < 1.29 is 9.53 Å². The zero-order valence-corrected chi connectivity index (χ0v) is 8.71. The van der Waals surface area contributed by atoms with E-state index >= 15 is 0 Å². The van der Waals surface area contributed by atoms with Crippen LogP contribution in [0.4, 0.5) is 0 Å². The van der Waals surface area contributed by atoms with Crippen molar-refractivity contribution in [1.82, 2.24) is 4.98 Å². The topological polar surface area (TPSA) is 39.2 Å². The zero-order valence-electron chi connectivity index (χ0n) is 7.90. The number of ether oxygens (including phenoxy) is 1. The van der Waals surface area contributed by atoms with Crippen LogP contribution in [0.15, 0.2) is 17.2 Å². The first-order valence-corrected chi connectivity index (χ1v) is 5.72. The Morgan fingerprint density at radius 2 is 2.43 bits per heavy atom. The van der Waals surface area contributed by atoms with E-state index in [1.807, 2.05) is 6.26 Å². The second kappa shape index (κ2) is 4.00. The largest absolute Gasteiger partial charge is 0.488 e. The molecule has 2 rings (SSSR count). The van der Waals surface area contributed by atoms with Crippen LogP contribution in [0.5, 0.6) is 5.75 Å². The summed E-state index contributed by atoms with van der Waals surface area (Å²) in [5, 5.41) is 0. The first kappa shape index (κ1) is 9.52. The Kier molecular flexibility index (Phi) is 2.72. The summed E-state index contributed by atoms with van der Waals surface area (Å²) in [6, 6.07) is 1.76. The molecule has 0 spiro atoms. The van der Waals surface area contributed by atoms with E-state index in [2.05, 4.69) is 4.98 Å². The molecule has 1 saturated carbocycles. The van der Waals surface area contributed by atoms with Crippen LogP contribution < -0.4 is 4.74 Å². The number of hydrogen-bond donors (Lipinski definition) is 0. The van der Waals surface area contributed by atoms with E-state index in [4.69, 9.17) is 4.74 Å². The number of carbonyl (C=O) groups excluding carboxylic acids is 1. The minimum atomic E-state index is 0.366. The van der Waals surface area contributed by atoms with Gasteiger partial charge in [0.05, 0.1) is 17.2 Å². The lowest BCUT2D eigenvalue weighted by Gasteiger charge is -2.08. The normalized spacial score (nSPS) is 15.2. The number of aldehydes is 1. The molecule has 0 N–H and O–H groups in total. The van der Waals surface area contributed by atoms with E-state index in [0.717, 1.165) is 29.8 Å². The number of pyridine rings is 1. The van der Waals surface area contributed by atoms with E-state index in [1.54, 1.807) is 24.0 Å². The molecule has 1 heterocycles. The molecule has 1 aliphatic rings. The van der Waals surface area contributed by atoms with Gasteiger partial charge < -0.3 is 4.74 Å². The summed E-state index contributed by atoms with van der Waals surface area (Å²) in [4.78, 5) is 15.5. The summed E-state index contributed by atoms with van der Waals surface area (Å²) in [7, 11) is 0. The van der Waals surface area contributed by atoms with Gasteiger partial charge in [-0.3, -0.25) is 4.79 Å². The minimum absolute atomic E-state index is 0.366. The van der Waals surface area contributed by atoms with Crippen LogP contribution in [-0.4, -0.2) is 23.6 Å². The second-order valence-corrected chi connectivity index (χ2v) is 4.04. The third-order valence-electron chi connectivity index (χ3n) is 2.01. The predicted molar refractivity (Wildman–Crippen MR) is 55.1 cm³/mol. The van der Waals surface area contributed by atoms with E-state index in [0.29, 0.717) is 11.8 Å². The van der Waals surface area contributed by atoms with Gasteiger partial charge in [0.1, 0.15) is 5.69 Å². The maximum Gasteiger partial charge on any atom is 0.168 e. The maximum absolute atomic E-state index is 10.5. The Labute approximate surface area is 86.9 Å². The van der Waals surface area contributed by atoms with Crippen molar-refractivity contribution >= 4 is 18.0 Å². The van der Waals surface area contributed by atoms with Crippen molar-refractivity contribution in [2.75, 3.05) is 6.26 Å². The molecule has 0 aromatic carbocycles. The van der Waals surface area contributed by atoms with Crippen molar-refractivity contribution in [2.45, 2.75) is 23.8 Å². The second-order valence-electron chi connectivity index (χ2n) is 3.20. The summed E-state index contributed by atoms with van der Waals surface area (Å²) >= 11 is 1.57. The maximum atomic E-state index is 10.5. The molecule has 0 radical (unpaired) electrons. The van der Waals surface area contributed by atoms with E-state index in [1.165, 1.54) is 0 Å². The molecule has 0 bridgehead atoms. The number of nitrogens with zero attached hydrogens (tertiary/aromatic N) is 1. The Morgan fingerprint density at radius 1 is 1.64 bits per heavy atom. The standard InChI is InChI=1S/C10H11NO2S/c1-14-10-4-7(6-12)11-5-9(10)13-8-2-3-8/h4-6,8H,2-3H2,1H3. The van der Waals surface area contributed by atoms with Crippen molar-refractivity contribution in [2.24, 2.45) is 0 Å². The molecule has 0 atom stereocenters. The fourth-order valence-corrected chi connectivity index (χ4v) is 1.66. The van der Waals surface area contributed by atoms with Crippen LogP contribution in [0, 0.1) is 0 Å². The molecule has 0 saturated heterocycles. The third-order valence-corrected chi connectivity index (χ3v) is 2.77. The quantitative estimate of drug-likeness (QED) is 0.562. The molecule has 0 amide bonds. The molecule has 1 aromatic heterocycles. The molecule has 1 aromatic rings. The summed E-state index contributed by atoms with van der Waals surface area (Å²) in [6.45, 7) is 0. The smallest absolute Gasteiger partial charge is 0.168 e. The van der Waals surface area contributed by atoms with Crippen LogP contribution in [0.1, 0.15) is 23.3 Å². The Hall–Kier alpha value is -1.03. The van der Waals surface area contributed by atoms with Gasteiger partial charge in [-0.2, -0.15) is 0 Å². The predicted octanol–water partition coefficient (Wildman–Crippen LogP) is 2.16.